The van der Waals surface area contributed by atoms with Gasteiger partial charge >= 0.3 is 6.03 Å². The van der Waals surface area contributed by atoms with Gasteiger partial charge in [0.05, 0.1) is 11.9 Å². The Hall–Kier alpha value is -1.95. The van der Waals surface area contributed by atoms with Crippen molar-refractivity contribution >= 4 is 12.2 Å². The molecule has 0 saturated carbocycles. The van der Waals surface area contributed by atoms with Crippen LogP contribution in [0.1, 0.15) is 25.0 Å². The number of hydrogen-bond acceptors (Lipinski definition) is 4. The van der Waals surface area contributed by atoms with Crippen LogP contribution in [0.25, 0.3) is 0 Å². The Morgan fingerprint density at radius 2 is 2.20 bits per heavy atom. The van der Waals surface area contributed by atoms with Crippen molar-refractivity contribution in [2.45, 2.75) is 19.3 Å². The zero-order chi connectivity index (χ0) is 14.6. The van der Waals surface area contributed by atoms with E-state index in [2.05, 4.69) is 39.8 Å². The Bertz CT molecular complexity index is 405. The SMILES string of the molecule is CN(C)CCCCCNC(=O)N/N=C\c1ccccn1. The van der Waals surface area contributed by atoms with E-state index in [4.69, 9.17) is 0 Å². The lowest BCUT2D eigenvalue weighted by molar-refractivity contribution is 0.241. The summed E-state index contributed by atoms with van der Waals surface area (Å²) in [5.74, 6) is 0. The Morgan fingerprint density at radius 1 is 1.35 bits per heavy atom. The number of pyridine rings is 1. The Balaban J connectivity index is 2.05. The Kier molecular flexibility index (Phi) is 7.98. The van der Waals surface area contributed by atoms with Gasteiger partial charge in [0.1, 0.15) is 0 Å². The minimum atomic E-state index is -0.287. The van der Waals surface area contributed by atoms with E-state index in [1.807, 2.05) is 18.2 Å². The van der Waals surface area contributed by atoms with Crippen LogP contribution in [0.4, 0.5) is 4.79 Å². The van der Waals surface area contributed by atoms with Crippen molar-refractivity contribution in [1.82, 2.24) is 20.6 Å². The number of hydrazone groups is 1. The molecule has 6 nitrogen and oxygen atoms in total. The maximum Gasteiger partial charge on any atom is 0.335 e. The zero-order valence-electron chi connectivity index (χ0n) is 12.2. The van der Waals surface area contributed by atoms with Crippen LogP contribution in [-0.2, 0) is 0 Å². The molecule has 2 amide bonds. The van der Waals surface area contributed by atoms with Crippen LogP contribution < -0.4 is 10.7 Å². The standard InChI is InChI=1S/C14H23N5O/c1-19(2)11-7-3-5-10-16-14(20)18-17-12-13-8-4-6-9-15-13/h4,6,8-9,12H,3,5,7,10-11H2,1-2H3,(H2,16,18,20)/b17-12-. The fraction of sp³-hybridized carbons (Fsp3) is 0.500. The second-order valence-electron chi connectivity index (χ2n) is 4.74. The number of rotatable bonds is 8. The summed E-state index contributed by atoms with van der Waals surface area (Å²) in [5.41, 5.74) is 3.12. The first-order valence-electron chi connectivity index (χ1n) is 6.81. The second-order valence-corrected chi connectivity index (χ2v) is 4.74. The zero-order valence-corrected chi connectivity index (χ0v) is 12.2. The van der Waals surface area contributed by atoms with Crippen LogP contribution in [0.15, 0.2) is 29.5 Å². The van der Waals surface area contributed by atoms with Crippen molar-refractivity contribution in [3.05, 3.63) is 30.1 Å². The number of carbonyl (C=O) groups excluding carboxylic acids is 1. The monoisotopic (exact) mass is 277 g/mol. The van der Waals surface area contributed by atoms with E-state index >= 15 is 0 Å². The average molecular weight is 277 g/mol. The summed E-state index contributed by atoms with van der Waals surface area (Å²) in [6, 6.07) is 5.22. The highest BCUT2D eigenvalue weighted by atomic mass is 16.2. The van der Waals surface area contributed by atoms with Gasteiger partial charge in [-0.3, -0.25) is 4.98 Å². The number of amides is 2. The van der Waals surface area contributed by atoms with Gasteiger partial charge < -0.3 is 10.2 Å². The molecule has 0 bridgehead atoms. The molecule has 0 fully saturated rings. The molecule has 1 heterocycles. The van der Waals surface area contributed by atoms with Gasteiger partial charge in [-0.2, -0.15) is 5.10 Å². The number of carbonyl (C=O) groups is 1. The number of nitrogens with zero attached hydrogens (tertiary/aromatic N) is 3. The molecule has 1 aromatic rings. The van der Waals surface area contributed by atoms with Gasteiger partial charge in [-0.05, 0) is 45.6 Å². The van der Waals surface area contributed by atoms with Crippen LogP contribution in [0.2, 0.25) is 0 Å². The highest BCUT2D eigenvalue weighted by Crippen LogP contribution is 1.94. The van der Waals surface area contributed by atoms with Crippen molar-refractivity contribution < 1.29 is 4.79 Å². The third-order valence-electron chi connectivity index (χ3n) is 2.62. The predicted molar refractivity (Wildman–Crippen MR) is 80.8 cm³/mol. The van der Waals surface area contributed by atoms with E-state index in [1.54, 1.807) is 6.20 Å². The molecule has 0 saturated heterocycles. The third kappa shape index (κ3) is 8.20. The maximum atomic E-state index is 11.4. The first kappa shape index (κ1) is 16.1. The predicted octanol–water partition coefficient (Wildman–Crippen LogP) is 1.45. The summed E-state index contributed by atoms with van der Waals surface area (Å²) in [7, 11) is 4.12. The molecular weight excluding hydrogens is 254 g/mol. The molecule has 0 spiro atoms. The molecule has 0 aromatic carbocycles. The molecule has 0 radical (unpaired) electrons. The molecular formula is C14H23N5O. The van der Waals surface area contributed by atoms with Gasteiger partial charge in [-0.25, -0.2) is 10.2 Å². The van der Waals surface area contributed by atoms with Gasteiger partial charge in [0.2, 0.25) is 0 Å². The molecule has 6 heteroatoms. The van der Waals surface area contributed by atoms with Crippen LogP contribution >= 0.6 is 0 Å². The lowest BCUT2D eigenvalue weighted by atomic mass is 10.2. The molecule has 110 valence electrons. The largest absolute Gasteiger partial charge is 0.337 e. The minimum absolute atomic E-state index is 0.287. The molecule has 0 unspecified atom stereocenters. The average Bonchev–Trinajstić information content (AvgIpc) is 2.43. The summed E-state index contributed by atoms with van der Waals surface area (Å²) in [6.07, 6.45) is 6.42. The number of unbranched alkanes of at least 4 members (excludes halogenated alkanes) is 2. The normalized spacial score (nSPS) is 10.9. The molecule has 1 rings (SSSR count). The lowest BCUT2D eigenvalue weighted by Gasteiger charge is -2.08. The van der Waals surface area contributed by atoms with E-state index in [0.29, 0.717) is 12.2 Å². The molecule has 0 atom stereocenters. The van der Waals surface area contributed by atoms with Gasteiger partial charge in [0.25, 0.3) is 0 Å². The fourth-order valence-electron chi connectivity index (χ4n) is 1.58. The molecule has 0 aliphatic carbocycles. The molecule has 0 aliphatic heterocycles. The Morgan fingerprint density at radius 3 is 2.90 bits per heavy atom. The van der Waals surface area contributed by atoms with Crippen LogP contribution in [0.3, 0.4) is 0 Å². The van der Waals surface area contributed by atoms with Crippen LogP contribution in [-0.4, -0.2) is 49.3 Å². The summed E-state index contributed by atoms with van der Waals surface area (Å²) in [4.78, 5) is 17.6. The van der Waals surface area contributed by atoms with Crippen LogP contribution in [0.5, 0.6) is 0 Å². The van der Waals surface area contributed by atoms with Crippen molar-refractivity contribution in [1.29, 1.82) is 0 Å². The van der Waals surface area contributed by atoms with Crippen molar-refractivity contribution in [2.75, 3.05) is 27.2 Å². The smallest absolute Gasteiger partial charge is 0.335 e. The van der Waals surface area contributed by atoms with E-state index in [0.717, 1.165) is 25.8 Å². The first-order chi connectivity index (χ1) is 9.68. The first-order valence-corrected chi connectivity index (χ1v) is 6.81. The Labute approximate surface area is 120 Å². The van der Waals surface area contributed by atoms with Gasteiger partial charge in [0.15, 0.2) is 0 Å². The van der Waals surface area contributed by atoms with E-state index in [-0.39, 0.29) is 6.03 Å². The lowest BCUT2D eigenvalue weighted by Crippen LogP contribution is -2.33. The molecule has 1 aromatic heterocycles. The topological polar surface area (TPSA) is 69.6 Å². The minimum Gasteiger partial charge on any atom is -0.337 e. The molecule has 20 heavy (non-hydrogen) atoms. The summed E-state index contributed by atoms with van der Waals surface area (Å²) < 4.78 is 0. The van der Waals surface area contributed by atoms with Crippen molar-refractivity contribution in [3.8, 4) is 0 Å². The number of hydrogen-bond donors (Lipinski definition) is 2. The maximum absolute atomic E-state index is 11.4. The summed E-state index contributed by atoms with van der Waals surface area (Å²) in [6.45, 7) is 1.75. The quantitative estimate of drug-likeness (QED) is 0.429. The van der Waals surface area contributed by atoms with E-state index < -0.39 is 0 Å². The van der Waals surface area contributed by atoms with Crippen molar-refractivity contribution in [3.63, 3.8) is 0 Å². The summed E-state index contributed by atoms with van der Waals surface area (Å²) >= 11 is 0. The number of nitrogens with one attached hydrogen (secondary N) is 2. The van der Waals surface area contributed by atoms with Crippen LogP contribution in [0, 0.1) is 0 Å². The van der Waals surface area contributed by atoms with E-state index in [1.165, 1.54) is 6.21 Å². The highest BCUT2D eigenvalue weighted by Gasteiger charge is 1.97. The highest BCUT2D eigenvalue weighted by molar-refractivity contribution is 5.79. The molecule has 2 N–H and O–H groups in total. The summed E-state index contributed by atoms with van der Waals surface area (Å²) in [5, 5.41) is 6.58. The van der Waals surface area contributed by atoms with E-state index in [9.17, 15) is 4.79 Å². The number of aromatic nitrogens is 1. The number of urea groups is 1. The van der Waals surface area contributed by atoms with Gasteiger partial charge in [-0.1, -0.05) is 12.5 Å². The molecule has 0 aliphatic rings. The van der Waals surface area contributed by atoms with Gasteiger partial charge in [0, 0.05) is 12.7 Å². The second kappa shape index (κ2) is 9.91. The van der Waals surface area contributed by atoms with Crippen molar-refractivity contribution in [2.24, 2.45) is 5.10 Å². The fourth-order valence-corrected chi connectivity index (χ4v) is 1.58. The third-order valence-corrected chi connectivity index (χ3v) is 2.62. The van der Waals surface area contributed by atoms with Gasteiger partial charge in [-0.15, -0.1) is 0 Å².